The molecule has 2 nitrogen and oxygen atoms in total. The Morgan fingerprint density at radius 3 is 2.75 bits per heavy atom. The Bertz CT molecular complexity index is 377. The number of rotatable bonds is 5. The lowest BCUT2D eigenvalue weighted by atomic mass is 9.91. The standard InChI is InChI=1S/C12H15ClO2S/c1-12(2,11(14)15)6-7-16-10-5-3-4-9(13)8-10/h3-5,8H,6-7H2,1-2H3,(H,14,15). The summed E-state index contributed by atoms with van der Waals surface area (Å²) in [5.74, 6) is 0.0267. The summed E-state index contributed by atoms with van der Waals surface area (Å²) in [6.45, 7) is 3.49. The minimum absolute atomic E-state index is 0.638. The van der Waals surface area contributed by atoms with E-state index in [1.807, 2.05) is 24.3 Å². The second-order valence-corrected chi connectivity index (χ2v) is 5.85. The molecule has 0 amide bonds. The van der Waals surface area contributed by atoms with Crippen LogP contribution >= 0.6 is 23.4 Å². The number of hydrogen-bond acceptors (Lipinski definition) is 2. The third kappa shape index (κ3) is 4.06. The number of benzene rings is 1. The predicted molar refractivity (Wildman–Crippen MR) is 68.2 cm³/mol. The van der Waals surface area contributed by atoms with Crippen molar-refractivity contribution in [1.29, 1.82) is 0 Å². The summed E-state index contributed by atoms with van der Waals surface area (Å²) in [5, 5.41) is 9.66. The number of carbonyl (C=O) groups is 1. The van der Waals surface area contributed by atoms with Gasteiger partial charge in [0.1, 0.15) is 0 Å². The second-order valence-electron chi connectivity index (χ2n) is 4.24. The van der Waals surface area contributed by atoms with Crippen LogP contribution in [0.1, 0.15) is 20.3 Å². The van der Waals surface area contributed by atoms with Crippen LogP contribution in [0.5, 0.6) is 0 Å². The maximum absolute atomic E-state index is 10.9. The fraction of sp³-hybridized carbons (Fsp3) is 0.417. The Balaban J connectivity index is 2.45. The van der Waals surface area contributed by atoms with Gasteiger partial charge in [-0.05, 0) is 44.2 Å². The molecule has 0 heterocycles. The molecule has 0 aromatic heterocycles. The monoisotopic (exact) mass is 258 g/mol. The van der Waals surface area contributed by atoms with Gasteiger partial charge in [0.25, 0.3) is 0 Å². The van der Waals surface area contributed by atoms with Crippen LogP contribution in [0.3, 0.4) is 0 Å². The van der Waals surface area contributed by atoms with Crippen LogP contribution in [0.15, 0.2) is 29.2 Å². The summed E-state index contributed by atoms with van der Waals surface area (Å²) in [7, 11) is 0. The first-order valence-electron chi connectivity index (χ1n) is 5.03. The molecule has 1 N–H and O–H groups in total. The topological polar surface area (TPSA) is 37.3 Å². The van der Waals surface area contributed by atoms with Crippen LogP contribution < -0.4 is 0 Å². The molecule has 0 fully saturated rings. The fourth-order valence-corrected chi connectivity index (χ4v) is 2.58. The lowest BCUT2D eigenvalue weighted by molar-refractivity contribution is -0.146. The smallest absolute Gasteiger partial charge is 0.309 e. The molecule has 0 aliphatic rings. The van der Waals surface area contributed by atoms with Crippen LogP contribution in [-0.2, 0) is 4.79 Å². The summed E-state index contributed by atoms with van der Waals surface area (Å²) < 4.78 is 0. The Kier molecular flexibility index (Phi) is 4.69. The Labute approximate surface area is 105 Å². The van der Waals surface area contributed by atoms with Crippen LogP contribution in [0.25, 0.3) is 0 Å². The molecular formula is C12H15ClO2S. The van der Waals surface area contributed by atoms with Gasteiger partial charge in [-0.2, -0.15) is 0 Å². The highest BCUT2D eigenvalue weighted by molar-refractivity contribution is 7.99. The van der Waals surface area contributed by atoms with Crippen molar-refractivity contribution in [3.05, 3.63) is 29.3 Å². The summed E-state index contributed by atoms with van der Waals surface area (Å²) in [5.41, 5.74) is -0.661. The molecule has 0 spiro atoms. The first-order chi connectivity index (χ1) is 7.42. The first kappa shape index (κ1) is 13.4. The van der Waals surface area contributed by atoms with Gasteiger partial charge in [0, 0.05) is 9.92 Å². The van der Waals surface area contributed by atoms with E-state index < -0.39 is 11.4 Å². The van der Waals surface area contributed by atoms with E-state index in [0.717, 1.165) is 10.6 Å². The largest absolute Gasteiger partial charge is 0.481 e. The van der Waals surface area contributed by atoms with Crippen LogP contribution in [-0.4, -0.2) is 16.8 Å². The highest BCUT2D eigenvalue weighted by Crippen LogP contribution is 2.27. The highest BCUT2D eigenvalue weighted by atomic mass is 35.5. The van der Waals surface area contributed by atoms with E-state index in [2.05, 4.69) is 0 Å². The molecule has 1 rings (SSSR count). The number of thioether (sulfide) groups is 1. The zero-order valence-corrected chi connectivity index (χ0v) is 10.9. The summed E-state index contributed by atoms with van der Waals surface area (Å²) >= 11 is 7.49. The summed E-state index contributed by atoms with van der Waals surface area (Å²) in [4.78, 5) is 12.0. The van der Waals surface area contributed by atoms with Crippen molar-refractivity contribution >= 4 is 29.3 Å². The average Bonchev–Trinajstić information content (AvgIpc) is 2.17. The maximum atomic E-state index is 10.9. The van der Waals surface area contributed by atoms with Gasteiger partial charge >= 0.3 is 5.97 Å². The minimum Gasteiger partial charge on any atom is -0.481 e. The van der Waals surface area contributed by atoms with Gasteiger partial charge in [-0.3, -0.25) is 4.79 Å². The van der Waals surface area contributed by atoms with Gasteiger partial charge in [-0.25, -0.2) is 0 Å². The number of carboxylic acid groups (broad SMARTS) is 1. The first-order valence-corrected chi connectivity index (χ1v) is 6.40. The van der Waals surface area contributed by atoms with Crippen molar-refractivity contribution in [2.75, 3.05) is 5.75 Å². The summed E-state index contributed by atoms with van der Waals surface area (Å²) in [6, 6.07) is 7.59. The van der Waals surface area contributed by atoms with Gasteiger partial charge in [-0.1, -0.05) is 17.7 Å². The van der Waals surface area contributed by atoms with Gasteiger partial charge in [-0.15, -0.1) is 11.8 Å². The SMILES string of the molecule is CC(C)(CCSc1cccc(Cl)c1)C(=O)O. The van der Waals surface area contributed by atoms with Crippen molar-refractivity contribution in [2.24, 2.45) is 5.41 Å². The molecule has 16 heavy (non-hydrogen) atoms. The zero-order chi connectivity index (χ0) is 12.2. The normalized spacial score (nSPS) is 11.4. The van der Waals surface area contributed by atoms with E-state index in [-0.39, 0.29) is 0 Å². The Morgan fingerprint density at radius 2 is 2.19 bits per heavy atom. The van der Waals surface area contributed by atoms with E-state index in [9.17, 15) is 4.79 Å². The zero-order valence-electron chi connectivity index (χ0n) is 9.37. The molecule has 0 aliphatic heterocycles. The maximum Gasteiger partial charge on any atom is 0.309 e. The van der Waals surface area contributed by atoms with Crippen LogP contribution in [0.4, 0.5) is 0 Å². The quantitative estimate of drug-likeness (QED) is 0.813. The molecule has 1 aromatic rings. The fourth-order valence-electron chi connectivity index (χ4n) is 1.09. The van der Waals surface area contributed by atoms with E-state index in [4.69, 9.17) is 16.7 Å². The van der Waals surface area contributed by atoms with Gasteiger partial charge in [0.05, 0.1) is 5.41 Å². The predicted octanol–water partition coefficient (Wildman–Crippen LogP) is 3.93. The number of hydrogen-bond donors (Lipinski definition) is 1. The number of carboxylic acids is 1. The molecule has 0 unspecified atom stereocenters. The lowest BCUT2D eigenvalue weighted by Crippen LogP contribution is -2.24. The van der Waals surface area contributed by atoms with E-state index in [0.29, 0.717) is 11.4 Å². The molecular weight excluding hydrogens is 244 g/mol. The van der Waals surface area contributed by atoms with Crippen molar-refractivity contribution in [3.63, 3.8) is 0 Å². The summed E-state index contributed by atoms with van der Waals surface area (Å²) in [6.07, 6.45) is 0.638. The van der Waals surface area contributed by atoms with Crippen molar-refractivity contribution in [3.8, 4) is 0 Å². The number of aliphatic carboxylic acids is 1. The van der Waals surface area contributed by atoms with Crippen molar-refractivity contribution in [1.82, 2.24) is 0 Å². The van der Waals surface area contributed by atoms with E-state index in [1.165, 1.54) is 0 Å². The third-order valence-electron chi connectivity index (χ3n) is 2.37. The highest BCUT2D eigenvalue weighted by Gasteiger charge is 2.26. The molecule has 0 radical (unpaired) electrons. The molecule has 4 heteroatoms. The van der Waals surface area contributed by atoms with Crippen molar-refractivity contribution in [2.45, 2.75) is 25.2 Å². The van der Waals surface area contributed by atoms with E-state index in [1.54, 1.807) is 25.6 Å². The molecule has 88 valence electrons. The molecule has 0 aliphatic carbocycles. The molecule has 0 saturated heterocycles. The van der Waals surface area contributed by atoms with Gasteiger partial charge in [0.15, 0.2) is 0 Å². The van der Waals surface area contributed by atoms with Gasteiger partial charge in [0.2, 0.25) is 0 Å². The lowest BCUT2D eigenvalue weighted by Gasteiger charge is -2.18. The Hall–Kier alpha value is -0.670. The number of halogens is 1. The Morgan fingerprint density at radius 1 is 1.50 bits per heavy atom. The molecule has 1 aromatic carbocycles. The molecule has 0 saturated carbocycles. The van der Waals surface area contributed by atoms with Crippen LogP contribution in [0, 0.1) is 5.41 Å². The van der Waals surface area contributed by atoms with E-state index >= 15 is 0 Å². The minimum atomic E-state index is -0.751. The molecule has 0 bridgehead atoms. The van der Waals surface area contributed by atoms with Gasteiger partial charge < -0.3 is 5.11 Å². The average molecular weight is 259 g/mol. The van der Waals surface area contributed by atoms with Crippen LogP contribution in [0.2, 0.25) is 5.02 Å². The second kappa shape index (κ2) is 5.60. The van der Waals surface area contributed by atoms with Crippen molar-refractivity contribution < 1.29 is 9.90 Å². The molecule has 0 atom stereocenters. The third-order valence-corrected chi connectivity index (χ3v) is 3.60.